The van der Waals surface area contributed by atoms with Crippen molar-refractivity contribution in [2.24, 2.45) is 0 Å². The predicted octanol–water partition coefficient (Wildman–Crippen LogP) is 4.59. The van der Waals surface area contributed by atoms with E-state index in [2.05, 4.69) is 71.5 Å². The van der Waals surface area contributed by atoms with Gasteiger partial charge < -0.3 is 10.0 Å². The standard InChI is InChI=1S/C33H28B5N3O2/c1-20-16-26-17-25(27-18-39-40(19-27)33(37,38)32(34,35)36)11-14-29(26)31(24-5-2-21(3-6-24)4-15-30(42)43)41(20)28-12-9-23(10-13-28)22-7-8-22/h2-6,9-15,17-20,22,31H,7-8,16H2,1H3,(H,42,43)/b15-4+/t20-,31-/m1/s1. The first-order valence-corrected chi connectivity index (χ1v) is 14.4. The molecule has 0 bridgehead atoms. The Bertz CT molecular complexity index is 1670. The van der Waals surface area contributed by atoms with Gasteiger partial charge in [-0.3, -0.25) is 4.68 Å². The molecule has 1 aromatic heterocycles. The highest BCUT2D eigenvalue weighted by Crippen LogP contribution is 2.44. The summed E-state index contributed by atoms with van der Waals surface area (Å²) in [4.78, 5) is 13.5. The van der Waals surface area contributed by atoms with Crippen LogP contribution in [0.1, 0.15) is 59.5 Å². The Morgan fingerprint density at radius 3 is 2.23 bits per heavy atom. The van der Waals surface area contributed by atoms with Gasteiger partial charge in [-0.15, -0.1) is 5.11 Å². The number of aliphatic carboxylic acids is 1. The lowest BCUT2D eigenvalue weighted by molar-refractivity contribution is -0.131. The lowest BCUT2D eigenvalue weighted by Gasteiger charge is -2.44. The number of carboxylic acid groups (broad SMARTS) is 1. The lowest BCUT2D eigenvalue weighted by Crippen LogP contribution is -2.48. The van der Waals surface area contributed by atoms with Crippen molar-refractivity contribution in [2.75, 3.05) is 4.90 Å². The summed E-state index contributed by atoms with van der Waals surface area (Å²) < 4.78 is 1.29. The summed E-state index contributed by atoms with van der Waals surface area (Å²) in [6.07, 6.45) is 9.49. The molecule has 2 aliphatic rings. The highest BCUT2D eigenvalue weighted by molar-refractivity contribution is 6.66. The van der Waals surface area contributed by atoms with E-state index in [-0.39, 0.29) is 12.1 Å². The van der Waals surface area contributed by atoms with Crippen LogP contribution in [0, 0.1) is 0 Å². The minimum atomic E-state index is -1.88. The van der Waals surface area contributed by atoms with Crippen LogP contribution in [-0.4, -0.2) is 66.1 Å². The Balaban J connectivity index is 1.39. The largest absolute Gasteiger partial charge is 0.478 e. The molecule has 202 valence electrons. The molecule has 43 heavy (non-hydrogen) atoms. The normalized spacial score (nSPS) is 19.0. The van der Waals surface area contributed by atoms with E-state index in [4.69, 9.17) is 44.3 Å². The van der Waals surface area contributed by atoms with Gasteiger partial charge in [0.25, 0.3) is 0 Å². The van der Waals surface area contributed by atoms with Crippen molar-refractivity contribution in [3.05, 3.63) is 113 Å². The fourth-order valence-electron chi connectivity index (χ4n) is 5.96. The van der Waals surface area contributed by atoms with Crippen LogP contribution in [0.4, 0.5) is 5.69 Å². The van der Waals surface area contributed by atoms with E-state index in [1.165, 1.54) is 39.9 Å². The van der Waals surface area contributed by atoms with Crippen LogP contribution in [-0.2, 0) is 16.6 Å². The summed E-state index contributed by atoms with van der Waals surface area (Å²) in [6.45, 7) is 2.25. The average molecular weight is 553 g/mol. The number of aromatic nitrogens is 2. The molecule has 0 saturated heterocycles. The summed E-state index contributed by atoms with van der Waals surface area (Å²) in [6, 6.07) is 23.7. The van der Waals surface area contributed by atoms with Gasteiger partial charge in [0.2, 0.25) is 0 Å². The molecule has 6 rings (SSSR count). The molecule has 0 amide bonds. The van der Waals surface area contributed by atoms with Gasteiger partial charge in [0.15, 0.2) is 0 Å². The fourth-order valence-corrected chi connectivity index (χ4v) is 5.96. The minimum absolute atomic E-state index is 0.0483. The van der Waals surface area contributed by atoms with Gasteiger partial charge in [-0.2, -0.15) is 5.10 Å². The van der Waals surface area contributed by atoms with Gasteiger partial charge in [-0.1, -0.05) is 54.6 Å². The monoisotopic (exact) mass is 553 g/mol. The summed E-state index contributed by atoms with van der Waals surface area (Å²) in [7, 11) is 29.7. The molecule has 1 saturated carbocycles. The Hall–Kier alpha value is -3.80. The van der Waals surface area contributed by atoms with Gasteiger partial charge >= 0.3 is 5.97 Å². The molecule has 3 aromatic carbocycles. The van der Waals surface area contributed by atoms with Gasteiger partial charge in [0.05, 0.1) is 51.5 Å². The van der Waals surface area contributed by atoms with E-state index in [1.807, 2.05) is 12.1 Å². The molecule has 2 heterocycles. The fraction of sp³-hybridized carbons (Fsp3) is 0.273. The van der Waals surface area contributed by atoms with Crippen LogP contribution < -0.4 is 4.90 Å². The second kappa shape index (κ2) is 11.0. The maximum Gasteiger partial charge on any atom is 0.328 e. The number of benzene rings is 3. The highest BCUT2D eigenvalue weighted by atomic mass is 16.4. The highest BCUT2D eigenvalue weighted by Gasteiger charge is 2.35. The van der Waals surface area contributed by atoms with Crippen LogP contribution in [0.3, 0.4) is 0 Å². The molecule has 4 aromatic rings. The van der Waals surface area contributed by atoms with Crippen LogP contribution >= 0.6 is 0 Å². The van der Waals surface area contributed by atoms with E-state index in [9.17, 15) is 4.79 Å². The summed E-state index contributed by atoms with van der Waals surface area (Å²) in [5.41, 5.74) is 8.71. The molecule has 0 spiro atoms. The SMILES string of the molecule is [B]C([B])([B])C([B])([B])n1cc(-c2ccc3c(c2)C[C@@H](C)N(c2ccc(C4CC4)cc2)[C@@H]3c2ccc(/C=C/C(=O)O)cc2)cn1. The Morgan fingerprint density at radius 2 is 1.60 bits per heavy atom. The van der Waals surface area contributed by atoms with Gasteiger partial charge in [0.1, 0.15) is 0 Å². The Kier molecular flexibility index (Phi) is 7.52. The Morgan fingerprint density at radius 1 is 0.930 bits per heavy atom. The molecular formula is C33H28B5N3O2. The van der Waals surface area contributed by atoms with E-state index < -0.39 is 16.4 Å². The zero-order chi connectivity index (χ0) is 30.5. The first kappa shape index (κ1) is 29.3. The van der Waals surface area contributed by atoms with Crippen molar-refractivity contribution in [1.29, 1.82) is 0 Å². The van der Waals surface area contributed by atoms with Crippen LogP contribution in [0.15, 0.2) is 85.2 Å². The van der Waals surface area contributed by atoms with Crippen molar-refractivity contribution >= 4 is 57.0 Å². The number of carboxylic acids is 1. The van der Waals surface area contributed by atoms with Crippen LogP contribution in [0.25, 0.3) is 17.2 Å². The number of hydrogen-bond acceptors (Lipinski definition) is 3. The van der Waals surface area contributed by atoms with Crippen molar-refractivity contribution in [3.8, 4) is 11.1 Å². The third-order valence-electron chi connectivity index (χ3n) is 8.61. The lowest BCUT2D eigenvalue weighted by atomic mass is 9.26. The molecule has 1 aliphatic heterocycles. The third kappa shape index (κ3) is 5.76. The number of nitrogens with zero attached hydrogens (tertiary/aromatic N) is 3. The van der Waals surface area contributed by atoms with Gasteiger partial charge in [-0.25, -0.2) is 4.79 Å². The van der Waals surface area contributed by atoms with Crippen molar-refractivity contribution in [3.63, 3.8) is 0 Å². The number of rotatable bonds is 8. The minimum Gasteiger partial charge on any atom is -0.478 e. The molecule has 5 nitrogen and oxygen atoms in total. The van der Waals surface area contributed by atoms with Crippen molar-refractivity contribution in [2.45, 2.75) is 54.6 Å². The number of anilines is 1. The molecule has 0 unspecified atom stereocenters. The maximum absolute atomic E-state index is 11.0. The smallest absolute Gasteiger partial charge is 0.328 e. The second-order valence-electron chi connectivity index (χ2n) is 11.9. The third-order valence-corrected chi connectivity index (χ3v) is 8.61. The molecule has 1 fully saturated rings. The molecular weight excluding hydrogens is 524 g/mol. The van der Waals surface area contributed by atoms with E-state index in [0.29, 0.717) is 5.92 Å². The zero-order valence-electron chi connectivity index (χ0n) is 24.1. The second-order valence-corrected chi connectivity index (χ2v) is 11.9. The summed E-state index contributed by atoms with van der Waals surface area (Å²) in [5.74, 6) is -0.281. The summed E-state index contributed by atoms with van der Waals surface area (Å²) >= 11 is 0. The van der Waals surface area contributed by atoms with Crippen molar-refractivity contribution in [1.82, 2.24) is 9.78 Å². The zero-order valence-corrected chi connectivity index (χ0v) is 24.1. The van der Waals surface area contributed by atoms with Crippen LogP contribution in [0.2, 0.25) is 5.11 Å². The first-order chi connectivity index (χ1) is 20.4. The molecule has 10 heteroatoms. The molecule has 10 radical (unpaired) electrons. The predicted molar refractivity (Wildman–Crippen MR) is 176 cm³/mol. The summed E-state index contributed by atoms with van der Waals surface area (Å²) in [5, 5.41) is 9.68. The molecule has 1 N–H and O–H groups in total. The number of hydrogen-bond donors (Lipinski definition) is 1. The van der Waals surface area contributed by atoms with Crippen LogP contribution in [0.5, 0.6) is 0 Å². The first-order valence-electron chi connectivity index (χ1n) is 14.4. The van der Waals surface area contributed by atoms with Gasteiger partial charge in [0, 0.05) is 29.6 Å². The van der Waals surface area contributed by atoms with Crippen molar-refractivity contribution < 1.29 is 9.90 Å². The van der Waals surface area contributed by atoms with E-state index >= 15 is 0 Å². The maximum atomic E-state index is 11.0. The number of fused-ring (bicyclic) bond motifs is 1. The number of carbonyl (C=O) groups is 1. The quantitative estimate of drug-likeness (QED) is 0.257. The van der Waals surface area contributed by atoms with E-state index in [0.717, 1.165) is 34.8 Å². The Labute approximate surface area is 259 Å². The molecule has 1 aliphatic carbocycles. The topological polar surface area (TPSA) is 58.4 Å². The average Bonchev–Trinajstić information content (AvgIpc) is 3.70. The van der Waals surface area contributed by atoms with E-state index in [1.54, 1.807) is 18.5 Å². The molecule has 2 atom stereocenters. The van der Waals surface area contributed by atoms with Gasteiger partial charge in [-0.05, 0) is 89.0 Å².